The molecule has 4 rings (SSSR count). The molecule has 0 atom stereocenters. The number of thioether (sulfide) groups is 2. The van der Waals surface area contributed by atoms with Gasteiger partial charge >= 0.3 is 5.69 Å². The molecule has 0 saturated carbocycles. The molecule has 0 radical (unpaired) electrons. The van der Waals surface area contributed by atoms with Crippen LogP contribution in [0.25, 0.3) is 10.1 Å². The van der Waals surface area contributed by atoms with Crippen molar-refractivity contribution in [1.82, 2.24) is 15.0 Å². The molecule has 2 aromatic heterocycles. The second-order valence-corrected chi connectivity index (χ2v) is 9.86. The molecule has 0 aliphatic heterocycles. The molecule has 4 aromatic rings. The summed E-state index contributed by atoms with van der Waals surface area (Å²) in [5.41, 5.74) is 3.38. The van der Waals surface area contributed by atoms with Gasteiger partial charge in [0.05, 0.1) is 0 Å². The first-order valence-corrected chi connectivity index (χ1v) is 12.2. The molecule has 1 N–H and O–H groups in total. The summed E-state index contributed by atoms with van der Waals surface area (Å²) >= 11 is 4.75. The zero-order valence-electron chi connectivity index (χ0n) is 16.2. The van der Waals surface area contributed by atoms with E-state index in [2.05, 4.69) is 82.7 Å². The molecule has 4 nitrogen and oxygen atoms in total. The molecule has 0 spiro atoms. The molecule has 0 fully saturated rings. The Kier molecular flexibility index (Phi) is 6.37. The van der Waals surface area contributed by atoms with Crippen molar-refractivity contribution in [2.75, 3.05) is 0 Å². The van der Waals surface area contributed by atoms with Crippen LogP contribution in [0.1, 0.15) is 36.5 Å². The van der Waals surface area contributed by atoms with Crippen molar-refractivity contribution in [1.29, 1.82) is 0 Å². The maximum Gasteiger partial charge on any atom is 0.349 e. The highest BCUT2D eigenvalue weighted by atomic mass is 32.2. The first-order chi connectivity index (χ1) is 14.1. The summed E-state index contributed by atoms with van der Waals surface area (Å²) in [5, 5.41) is 4.46. The highest BCUT2D eigenvalue weighted by Gasteiger charge is 2.07. The Balaban J connectivity index is 1.40. The largest absolute Gasteiger partial charge is 0.349 e. The van der Waals surface area contributed by atoms with Crippen LogP contribution in [0.5, 0.6) is 0 Å². The zero-order valence-corrected chi connectivity index (χ0v) is 18.7. The summed E-state index contributed by atoms with van der Waals surface area (Å²) in [4.78, 5) is 23.2. The van der Waals surface area contributed by atoms with Crippen molar-refractivity contribution in [3.63, 3.8) is 0 Å². The number of rotatable bonds is 7. The monoisotopic (exact) mass is 439 g/mol. The van der Waals surface area contributed by atoms with Crippen LogP contribution in [0.2, 0.25) is 0 Å². The van der Waals surface area contributed by atoms with Gasteiger partial charge in [-0.3, -0.25) is 4.98 Å². The average molecular weight is 440 g/mol. The third kappa shape index (κ3) is 5.29. The number of fused-ring (bicyclic) bond motifs is 1. The van der Waals surface area contributed by atoms with Crippen LogP contribution in [-0.4, -0.2) is 15.0 Å². The number of nitrogens with zero attached hydrogens (tertiary/aromatic N) is 2. The Bertz CT molecular complexity index is 1170. The predicted octanol–water partition coefficient (Wildman–Crippen LogP) is 6.09. The Morgan fingerprint density at radius 1 is 0.966 bits per heavy atom. The molecular formula is C22H21N3OS3. The minimum absolute atomic E-state index is 0.353. The molecule has 29 heavy (non-hydrogen) atoms. The van der Waals surface area contributed by atoms with Crippen molar-refractivity contribution < 1.29 is 0 Å². The van der Waals surface area contributed by atoms with Gasteiger partial charge in [0.25, 0.3) is 0 Å². The summed E-state index contributed by atoms with van der Waals surface area (Å²) in [5.74, 6) is 2.01. The van der Waals surface area contributed by atoms with Gasteiger partial charge in [0.15, 0.2) is 10.3 Å². The molecule has 0 aliphatic rings. The van der Waals surface area contributed by atoms with Gasteiger partial charge < -0.3 is 0 Å². The first-order valence-electron chi connectivity index (χ1n) is 9.36. The fourth-order valence-corrected chi connectivity index (χ4v) is 5.30. The van der Waals surface area contributed by atoms with Crippen molar-refractivity contribution >= 4 is 44.9 Å². The lowest BCUT2D eigenvalue weighted by molar-refractivity contribution is 0.766. The lowest BCUT2D eigenvalue weighted by atomic mass is 10.0. The van der Waals surface area contributed by atoms with Gasteiger partial charge in [0.1, 0.15) is 0 Å². The summed E-state index contributed by atoms with van der Waals surface area (Å²) < 4.78 is 1.28. The van der Waals surface area contributed by atoms with Crippen LogP contribution < -0.4 is 5.69 Å². The van der Waals surface area contributed by atoms with Gasteiger partial charge in [-0.15, -0.1) is 11.3 Å². The quantitative estimate of drug-likeness (QED) is 0.353. The van der Waals surface area contributed by atoms with Gasteiger partial charge in [-0.1, -0.05) is 67.7 Å². The number of thiophene rings is 1. The van der Waals surface area contributed by atoms with Crippen molar-refractivity contribution in [3.05, 3.63) is 81.1 Å². The third-order valence-electron chi connectivity index (χ3n) is 4.51. The first kappa shape index (κ1) is 20.2. The fourth-order valence-electron chi connectivity index (χ4n) is 2.88. The van der Waals surface area contributed by atoms with E-state index in [1.165, 1.54) is 50.3 Å². The van der Waals surface area contributed by atoms with Crippen LogP contribution >= 0.6 is 34.9 Å². The summed E-state index contributed by atoms with van der Waals surface area (Å²) in [6.45, 7) is 4.38. The molecule has 0 unspecified atom stereocenters. The zero-order chi connectivity index (χ0) is 20.2. The van der Waals surface area contributed by atoms with E-state index in [0.29, 0.717) is 16.2 Å². The molecule has 0 saturated heterocycles. The van der Waals surface area contributed by atoms with Gasteiger partial charge in [-0.05, 0) is 51.6 Å². The number of hydrogen-bond donors (Lipinski definition) is 1. The molecule has 0 aliphatic carbocycles. The van der Waals surface area contributed by atoms with E-state index >= 15 is 0 Å². The van der Waals surface area contributed by atoms with E-state index in [9.17, 15) is 4.79 Å². The molecule has 0 amide bonds. The molecule has 148 valence electrons. The Morgan fingerprint density at radius 3 is 2.52 bits per heavy atom. The lowest BCUT2D eigenvalue weighted by Crippen LogP contribution is -2.13. The number of nitrogens with one attached hydrogen (secondary N) is 1. The molecular weight excluding hydrogens is 418 g/mol. The van der Waals surface area contributed by atoms with E-state index in [1.54, 1.807) is 11.3 Å². The van der Waals surface area contributed by atoms with E-state index in [0.717, 1.165) is 11.5 Å². The van der Waals surface area contributed by atoms with E-state index in [4.69, 9.17) is 0 Å². The minimum atomic E-state index is -0.353. The number of hydrogen-bond acceptors (Lipinski definition) is 6. The maximum absolute atomic E-state index is 12.0. The second-order valence-electron chi connectivity index (χ2n) is 7.01. The Morgan fingerprint density at radius 2 is 1.72 bits per heavy atom. The van der Waals surface area contributed by atoms with Gasteiger partial charge in [0, 0.05) is 16.2 Å². The van der Waals surface area contributed by atoms with Gasteiger partial charge in [-0.2, -0.15) is 9.97 Å². The minimum Gasteiger partial charge on any atom is -0.285 e. The van der Waals surface area contributed by atoms with E-state index in [-0.39, 0.29) is 5.69 Å². The highest BCUT2D eigenvalue weighted by Crippen LogP contribution is 2.26. The van der Waals surface area contributed by atoms with Crippen molar-refractivity contribution in [3.8, 4) is 0 Å². The van der Waals surface area contributed by atoms with Crippen LogP contribution in [-0.2, 0) is 11.5 Å². The van der Waals surface area contributed by atoms with Gasteiger partial charge in [-0.25, -0.2) is 4.79 Å². The SMILES string of the molecule is CC(C)c1ccc(CSc2nc(SCc3ccc4sccc4c3)nc(=O)[nH]2)cc1. The summed E-state index contributed by atoms with van der Waals surface area (Å²) in [6.07, 6.45) is 0. The second kappa shape index (κ2) is 9.15. The van der Waals surface area contributed by atoms with Crippen molar-refractivity contribution in [2.24, 2.45) is 0 Å². The smallest absolute Gasteiger partial charge is 0.285 e. The molecule has 0 bridgehead atoms. The molecule has 2 aromatic carbocycles. The van der Waals surface area contributed by atoms with Crippen LogP contribution in [0.3, 0.4) is 0 Å². The number of H-pyrrole nitrogens is 1. The summed E-state index contributed by atoms with van der Waals surface area (Å²) in [6, 6.07) is 17.2. The molecule has 7 heteroatoms. The van der Waals surface area contributed by atoms with Crippen LogP contribution in [0, 0.1) is 0 Å². The van der Waals surface area contributed by atoms with Gasteiger partial charge in [0.2, 0.25) is 0 Å². The number of aromatic nitrogens is 3. The standard InChI is InChI=1S/C22H21N3OS3/c1-14(2)17-6-3-15(4-7-17)12-28-21-23-20(26)24-22(25-21)29-13-16-5-8-19-18(11-16)9-10-27-19/h3-11,14H,12-13H2,1-2H3,(H,23,24,25,26). The Hall–Kier alpha value is -2.09. The normalized spacial score (nSPS) is 11.4. The molecule has 2 heterocycles. The highest BCUT2D eigenvalue weighted by molar-refractivity contribution is 7.99. The summed E-state index contributed by atoms with van der Waals surface area (Å²) in [7, 11) is 0. The third-order valence-corrected chi connectivity index (χ3v) is 7.28. The fraction of sp³-hybridized carbons (Fsp3) is 0.227. The maximum atomic E-state index is 12.0. The van der Waals surface area contributed by atoms with E-state index < -0.39 is 0 Å². The average Bonchev–Trinajstić information content (AvgIpc) is 3.18. The van der Waals surface area contributed by atoms with E-state index in [1.807, 2.05) is 0 Å². The Labute approximate surface area is 182 Å². The van der Waals surface area contributed by atoms with Crippen LogP contribution in [0.15, 0.2) is 69.0 Å². The number of benzene rings is 2. The number of aromatic amines is 1. The van der Waals surface area contributed by atoms with Crippen molar-refractivity contribution in [2.45, 2.75) is 41.6 Å². The lowest BCUT2D eigenvalue weighted by Gasteiger charge is -2.07. The van der Waals surface area contributed by atoms with Crippen LogP contribution in [0.4, 0.5) is 0 Å². The predicted molar refractivity (Wildman–Crippen MR) is 124 cm³/mol. The topological polar surface area (TPSA) is 58.6 Å².